The summed E-state index contributed by atoms with van der Waals surface area (Å²) in [4.78, 5) is 34.5. The van der Waals surface area contributed by atoms with Crippen molar-refractivity contribution in [1.29, 1.82) is 0 Å². The Labute approximate surface area is 186 Å². The maximum atomic E-state index is 12.6. The van der Waals surface area contributed by atoms with Crippen LogP contribution in [-0.4, -0.2) is 65.7 Å². The Morgan fingerprint density at radius 3 is 2.42 bits per heavy atom. The molecule has 9 nitrogen and oxygen atoms in total. The summed E-state index contributed by atoms with van der Waals surface area (Å²) in [6.45, 7) is 13.0. The van der Waals surface area contributed by atoms with Crippen LogP contribution in [0.4, 0.5) is 4.79 Å². The Morgan fingerprint density at radius 1 is 1.16 bits per heavy atom. The van der Waals surface area contributed by atoms with Crippen molar-refractivity contribution >= 4 is 18.0 Å². The topological polar surface area (TPSA) is 108 Å². The molecule has 0 spiro atoms. The van der Waals surface area contributed by atoms with Crippen molar-refractivity contribution < 1.29 is 14.3 Å². The van der Waals surface area contributed by atoms with Gasteiger partial charge in [0, 0.05) is 38.1 Å². The molecule has 9 heteroatoms. The van der Waals surface area contributed by atoms with E-state index in [1.807, 2.05) is 53.7 Å². The van der Waals surface area contributed by atoms with Crippen molar-refractivity contribution in [3.8, 4) is 0 Å². The van der Waals surface area contributed by atoms with Gasteiger partial charge in [0.05, 0.1) is 13.1 Å². The number of nitrogens with zero attached hydrogens (tertiary/aromatic N) is 3. The molecule has 1 aromatic heterocycles. The summed E-state index contributed by atoms with van der Waals surface area (Å²) in [6, 6.07) is 3.77. The van der Waals surface area contributed by atoms with Crippen molar-refractivity contribution in [1.82, 2.24) is 25.8 Å². The molecule has 1 aromatic rings. The normalized spacial score (nSPS) is 12.2. The van der Waals surface area contributed by atoms with Crippen molar-refractivity contribution in [2.24, 2.45) is 4.99 Å². The first-order valence-electron chi connectivity index (χ1n) is 10.5. The minimum absolute atomic E-state index is 0.108. The second kappa shape index (κ2) is 12.1. The van der Waals surface area contributed by atoms with Gasteiger partial charge in [-0.25, -0.2) is 4.79 Å². The van der Waals surface area contributed by atoms with Gasteiger partial charge in [0.2, 0.25) is 5.91 Å². The molecule has 0 bridgehead atoms. The Bertz CT molecular complexity index is 723. The number of amides is 2. The highest BCUT2D eigenvalue weighted by Crippen LogP contribution is 2.12. The molecule has 0 saturated heterocycles. The van der Waals surface area contributed by atoms with Crippen LogP contribution in [0.25, 0.3) is 0 Å². The number of aromatic nitrogens is 1. The molecule has 0 aliphatic heterocycles. The lowest BCUT2D eigenvalue weighted by Gasteiger charge is -2.27. The van der Waals surface area contributed by atoms with Crippen LogP contribution in [0.15, 0.2) is 29.5 Å². The smallest absolute Gasteiger partial charge is 0.410 e. The molecule has 3 N–H and O–H groups in total. The van der Waals surface area contributed by atoms with Crippen LogP contribution in [0, 0.1) is 0 Å². The summed E-state index contributed by atoms with van der Waals surface area (Å²) in [5.41, 5.74) is 0.0840. The summed E-state index contributed by atoms with van der Waals surface area (Å²) in [6.07, 6.45) is 3.75. The molecule has 0 radical (unpaired) electrons. The van der Waals surface area contributed by atoms with E-state index < -0.39 is 5.60 Å². The van der Waals surface area contributed by atoms with E-state index in [-0.39, 0.29) is 24.1 Å². The van der Waals surface area contributed by atoms with Crippen molar-refractivity contribution in [2.45, 2.75) is 65.6 Å². The van der Waals surface area contributed by atoms with E-state index in [9.17, 15) is 9.59 Å². The predicted octanol–water partition coefficient (Wildman–Crippen LogP) is 2.29. The highest BCUT2D eigenvalue weighted by molar-refractivity contribution is 5.86. The second-order valence-corrected chi connectivity index (χ2v) is 9.27. The van der Waals surface area contributed by atoms with E-state index in [0.29, 0.717) is 32.0 Å². The van der Waals surface area contributed by atoms with Gasteiger partial charge >= 0.3 is 6.09 Å². The molecule has 0 saturated carbocycles. The summed E-state index contributed by atoms with van der Waals surface area (Å²) in [5.74, 6) is 0.420. The average Bonchev–Trinajstić information content (AvgIpc) is 2.64. The maximum absolute atomic E-state index is 12.6. The van der Waals surface area contributed by atoms with E-state index in [1.54, 1.807) is 24.3 Å². The minimum atomic E-state index is -0.567. The number of hydrogen-bond acceptors (Lipinski definition) is 5. The Hall–Kier alpha value is -2.84. The van der Waals surface area contributed by atoms with Gasteiger partial charge in [0.25, 0.3) is 0 Å². The molecule has 2 amide bonds. The molecular formula is C22H38N6O3. The van der Waals surface area contributed by atoms with E-state index in [1.165, 1.54) is 0 Å². The molecule has 0 aliphatic rings. The number of guanidine groups is 1. The van der Waals surface area contributed by atoms with Crippen molar-refractivity contribution in [2.75, 3.05) is 26.7 Å². The third-order valence-corrected chi connectivity index (χ3v) is 3.80. The molecule has 0 aromatic carbocycles. The zero-order valence-electron chi connectivity index (χ0n) is 19.9. The first-order chi connectivity index (χ1) is 14.4. The zero-order chi connectivity index (χ0) is 23.5. The SMILES string of the molecule is CN=C(NCCCN(Cc1cccnc1)C(=O)OC(C)(C)C)NCC(=O)NC(C)(C)C. The largest absolute Gasteiger partial charge is 0.444 e. The number of rotatable bonds is 8. The van der Waals surface area contributed by atoms with Gasteiger partial charge < -0.3 is 25.6 Å². The fraction of sp³-hybridized carbons (Fsp3) is 0.636. The van der Waals surface area contributed by atoms with E-state index in [0.717, 1.165) is 5.56 Å². The molecule has 174 valence electrons. The van der Waals surface area contributed by atoms with Gasteiger partial charge in [-0.05, 0) is 59.6 Å². The Morgan fingerprint density at radius 2 is 1.87 bits per heavy atom. The monoisotopic (exact) mass is 434 g/mol. The highest BCUT2D eigenvalue weighted by Gasteiger charge is 2.22. The molecule has 1 heterocycles. The molecule has 31 heavy (non-hydrogen) atoms. The van der Waals surface area contributed by atoms with Crippen LogP contribution in [0.2, 0.25) is 0 Å². The molecule has 1 rings (SSSR count). The standard InChI is InChI=1S/C22H38N6O3/c1-21(2,3)27-18(29)15-26-19(23-7)25-12-9-13-28(20(30)31-22(4,5)6)16-17-10-8-11-24-14-17/h8,10-11,14H,9,12-13,15-16H2,1-7H3,(H,27,29)(H2,23,25,26). The van der Waals surface area contributed by atoms with Crippen molar-refractivity contribution in [3.05, 3.63) is 30.1 Å². The highest BCUT2D eigenvalue weighted by atomic mass is 16.6. The number of ether oxygens (including phenoxy) is 1. The lowest BCUT2D eigenvalue weighted by Crippen LogP contribution is -2.48. The van der Waals surface area contributed by atoms with Crippen LogP contribution < -0.4 is 16.0 Å². The van der Waals surface area contributed by atoms with Gasteiger partial charge in [0.1, 0.15) is 5.60 Å². The van der Waals surface area contributed by atoms with E-state index in [2.05, 4.69) is 25.9 Å². The molecule has 0 atom stereocenters. The first-order valence-corrected chi connectivity index (χ1v) is 10.5. The van der Waals surface area contributed by atoms with Crippen LogP contribution >= 0.6 is 0 Å². The number of hydrogen-bond donors (Lipinski definition) is 3. The number of nitrogens with one attached hydrogen (secondary N) is 3. The van der Waals surface area contributed by atoms with Crippen LogP contribution in [0.5, 0.6) is 0 Å². The van der Waals surface area contributed by atoms with E-state index >= 15 is 0 Å². The lowest BCUT2D eigenvalue weighted by atomic mass is 10.1. The van der Waals surface area contributed by atoms with Gasteiger partial charge in [0.15, 0.2) is 5.96 Å². The Kier molecular flexibility index (Phi) is 10.2. The maximum Gasteiger partial charge on any atom is 0.410 e. The number of carbonyl (C=O) groups is 2. The van der Waals surface area contributed by atoms with Crippen molar-refractivity contribution in [3.63, 3.8) is 0 Å². The van der Waals surface area contributed by atoms with Crippen LogP contribution in [0.1, 0.15) is 53.5 Å². The van der Waals surface area contributed by atoms with Crippen LogP contribution in [0.3, 0.4) is 0 Å². The number of carbonyl (C=O) groups excluding carboxylic acids is 2. The zero-order valence-corrected chi connectivity index (χ0v) is 19.9. The van der Waals surface area contributed by atoms with Gasteiger partial charge in [-0.1, -0.05) is 6.07 Å². The van der Waals surface area contributed by atoms with Gasteiger partial charge in [-0.2, -0.15) is 0 Å². The third-order valence-electron chi connectivity index (χ3n) is 3.80. The molecule has 0 unspecified atom stereocenters. The van der Waals surface area contributed by atoms with Gasteiger partial charge in [-0.15, -0.1) is 0 Å². The first kappa shape index (κ1) is 26.2. The fourth-order valence-electron chi connectivity index (χ4n) is 2.60. The summed E-state index contributed by atoms with van der Waals surface area (Å²) in [5, 5.41) is 9.04. The number of pyridine rings is 1. The second-order valence-electron chi connectivity index (χ2n) is 9.27. The molecular weight excluding hydrogens is 396 g/mol. The summed E-state index contributed by atoms with van der Waals surface area (Å²) < 4.78 is 5.54. The minimum Gasteiger partial charge on any atom is -0.444 e. The molecule has 0 fully saturated rings. The number of aliphatic imine (C=N–C) groups is 1. The lowest BCUT2D eigenvalue weighted by molar-refractivity contribution is -0.121. The third kappa shape index (κ3) is 12.5. The van der Waals surface area contributed by atoms with Gasteiger partial charge in [-0.3, -0.25) is 14.8 Å². The van der Waals surface area contributed by atoms with E-state index in [4.69, 9.17) is 4.74 Å². The predicted molar refractivity (Wildman–Crippen MR) is 123 cm³/mol. The quantitative estimate of drug-likeness (QED) is 0.329. The fourth-order valence-corrected chi connectivity index (χ4v) is 2.60. The molecule has 0 aliphatic carbocycles. The average molecular weight is 435 g/mol. The Balaban J connectivity index is 2.53. The van der Waals surface area contributed by atoms with Crippen LogP contribution in [-0.2, 0) is 16.1 Å². The summed E-state index contributed by atoms with van der Waals surface area (Å²) >= 11 is 0. The summed E-state index contributed by atoms with van der Waals surface area (Å²) in [7, 11) is 1.65.